The summed E-state index contributed by atoms with van der Waals surface area (Å²) in [6.45, 7) is 6.10. The summed E-state index contributed by atoms with van der Waals surface area (Å²) in [7, 11) is 0. The van der Waals surface area contributed by atoms with Crippen LogP contribution in [0.2, 0.25) is 0 Å². The Hall–Kier alpha value is -1.59. The molecular weight excluding hydrogens is 274 g/mol. The number of ether oxygens (including phenoxy) is 1. The van der Waals surface area contributed by atoms with Gasteiger partial charge in [-0.2, -0.15) is 0 Å². The molecule has 0 aromatic heterocycles. The van der Waals surface area contributed by atoms with Gasteiger partial charge >= 0.3 is 12.1 Å². The van der Waals surface area contributed by atoms with E-state index in [1.54, 1.807) is 20.8 Å². The summed E-state index contributed by atoms with van der Waals surface area (Å²) in [6.07, 6.45) is 1.20. The van der Waals surface area contributed by atoms with Crippen LogP contribution in [0.5, 0.6) is 0 Å². The zero-order chi connectivity index (χ0) is 15.8. The van der Waals surface area contributed by atoms with Crippen LogP contribution in [0.3, 0.4) is 0 Å². The number of carbonyl (C=O) groups excluding carboxylic acids is 2. The van der Waals surface area contributed by atoms with E-state index in [9.17, 15) is 14.4 Å². The van der Waals surface area contributed by atoms with Gasteiger partial charge in [-0.25, -0.2) is 4.79 Å². The molecule has 6 nitrogen and oxygen atoms in total. The summed E-state index contributed by atoms with van der Waals surface area (Å²) >= 11 is 0. The minimum absolute atomic E-state index is 0.0620. The van der Waals surface area contributed by atoms with Gasteiger partial charge < -0.3 is 14.7 Å². The zero-order valence-corrected chi connectivity index (χ0v) is 12.8. The second-order valence-electron chi connectivity index (χ2n) is 7.06. The largest absolute Gasteiger partial charge is 0.465 e. The van der Waals surface area contributed by atoms with E-state index in [2.05, 4.69) is 0 Å². The molecule has 2 fully saturated rings. The van der Waals surface area contributed by atoms with E-state index in [-0.39, 0.29) is 5.78 Å². The van der Waals surface area contributed by atoms with Crippen molar-refractivity contribution in [1.29, 1.82) is 0 Å². The molecule has 2 rings (SSSR count). The second-order valence-corrected chi connectivity index (χ2v) is 7.06. The molecule has 1 spiro atoms. The van der Waals surface area contributed by atoms with Crippen molar-refractivity contribution in [1.82, 2.24) is 4.90 Å². The SMILES string of the molecule is CC(C)(C)OC(=O)C1C(=O)CCC12CCN(C(=O)O)CC2. The van der Waals surface area contributed by atoms with Gasteiger partial charge in [0.05, 0.1) is 0 Å². The van der Waals surface area contributed by atoms with Gasteiger partial charge in [0, 0.05) is 19.5 Å². The molecule has 1 heterocycles. The minimum atomic E-state index is -0.942. The first-order chi connectivity index (χ1) is 9.65. The zero-order valence-electron chi connectivity index (χ0n) is 12.8. The smallest absolute Gasteiger partial charge is 0.407 e. The molecule has 0 aromatic rings. The predicted molar refractivity (Wildman–Crippen MR) is 74.8 cm³/mol. The molecular formula is C15H23NO5. The fourth-order valence-electron chi connectivity index (χ4n) is 3.43. The molecule has 118 valence electrons. The fraction of sp³-hybridized carbons (Fsp3) is 0.800. The summed E-state index contributed by atoms with van der Waals surface area (Å²) in [5.74, 6) is -1.24. The van der Waals surface area contributed by atoms with Crippen molar-refractivity contribution < 1.29 is 24.2 Å². The van der Waals surface area contributed by atoms with Crippen LogP contribution in [0.4, 0.5) is 4.79 Å². The highest BCUT2D eigenvalue weighted by Gasteiger charge is 2.54. The Morgan fingerprint density at radius 3 is 2.29 bits per heavy atom. The Kier molecular flexibility index (Phi) is 4.00. The molecule has 1 unspecified atom stereocenters. The standard InChI is InChI=1S/C15H23NO5/c1-14(2,3)21-12(18)11-10(17)4-5-15(11)6-8-16(9-7-15)13(19)20/h11H,4-9H2,1-3H3,(H,19,20). The minimum Gasteiger partial charge on any atom is -0.465 e. The topological polar surface area (TPSA) is 83.9 Å². The summed E-state index contributed by atoms with van der Waals surface area (Å²) in [5.41, 5.74) is -1.03. The number of rotatable bonds is 1. The molecule has 6 heteroatoms. The third-order valence-corrected chi connectivity index (χ3v) is 4.48. The van der Waals surface area contributed by atoms with Crippen molar-refractivity contribution >= 4 is 17.8 Å². The maximum Gasteiger partial charge on any atom is 0.407 e. The molecule has 0 radical (unpaired) electrons. The molecule has 21 heavy (non-hydrogen) atoms. The molecule has 1 N–H and O–H groups in total. The van der Waals surface area contributed by atoms with Gasteiger partial charge in [0.1, 0.15) is 17.3 Å². The lowest BCUT2D eigenvalue weighted by Gasteiger charge is -2.41. The molecule has 0 aromatic carbocycles. The van der Waals surface area contributed by atoms with Gasteiger partial charge in [-0.15, -0.1) is 0 Å². The first-order valence-electron chi connectivity index (χ1n) is 7.38. The predicted octanol–water partition coefficient (Wildman–Crippen LogP) is 2.07. The molecule has 1 atom stereocenters. The summed E-state index contributed by atoms with van der Waals surface area (Å²) in [4.78, 5) is 36.9. The van der Waals surface area contributed by atoms with E-state index in [1.807, 2.05) is 0 Å². The van der Waals surface area contributed by atoms with Crippen molar-refractivity contribution in [2.45, 2.75) is 52.1 Å². The number of likely N-dealkylation sites (tertiary alicyclic amines) is 1. The molecule has 1 aliphatic heterocycles. The Balaban J connectivity index is 2.14. The maximum absolute atomic E-state index is 12.4. The van der Waals surface area contributed by atoms with Crippen LogP contribution >= 0.6 is 0 Å². The lowest BCUT2D eigenvalue weighted by atomic mass is 9.70. The lowest BCUT2D eigenvalue weighted by molar-refractivity contribution is -0.166. The number of hydrogen-bond donors (Lipinski definition) is 1. The van der Waals surface area contributed by atoms with Crippen molar-refractivity contribution in [3.8, 4) is 0 Å². The summed E-state index contributed by atoms with van der Waals surface area (Å²) in [6, 6.07) is 0. The van der Waals surface area contributed by atoms with Gasteiger partial charge in [0.15, 0.2) is 0 Å². The molecule has 1 saturated heterocycles. The molecule has 1 aliphatic carbocycles. The number of hydrogen-bond acceptors (Lipinski definition) is 4. The first kappa shape index (κ1) is 15.8. The third kappa shape index (κ3) is 3.19. The summed E-state index contributed by atoms with van der Waals surface area (Å²) in [5, 5.41) is 9.02. The Morgan fingerprint density at radius 2 is 1.81 bits per heavy atom. The molecule has 1 saturated carbocycles. The van der Waals surface area contributed by atoms with Crippen LogP contribution in [0, 0.1) is 11.3 Å². The van der Waals surface area contributed by atoms with E-state index in [0.29, 0.717) is 38.8 Å². The lowest BCUT2D eigenvalue weighted by Crippen LogP contribution is -2.47. The Bertz CT molecular complexity index is 457. The number of piperidine rings is 1. The normalized spacial score (nSPS) is 25.2. The van der Waals surface area contributed by atoms with Gasteiger partial charge in [0.2, 0.25) is 0 Å². The number of carboxylic acid groups (broad SMARTS) is 1. The Labute approximate surface area is 124 Å². The number of carbonyl (C=O) groups is 3. The number of amides is 1. The quantitative estimate of drug-likeness (QED) is 0.591. The number of Topliss-reactive ketones (excluding diaryl/α,β-unsaturated/α-hetero) is 1. The second kappa shape index (κ2) is 5.31. The van der Waals surface area contributed by atoms with Crippen LogP contribution in [0.25, 0.3) is 0 Å². The summed E-state index contributed by atoms with van der Waals surface area (Å²) < 4.78 is 5.40. The highest BCUT2D eigenvalue weighted by Crippen LogP contribution is 2.49. The van der Waals surface area contributed by atoms with E-state index in [4.69, 9.17) is 9.84 Å². The molecule has 1 amide bonds. The van der Waals surface area contributed by atoms with Crippen molar-refractivity contribution in [2.75, 3.05) is 13.1 Å². The van der Waals surface area contributed by atoms with Crippen LogP contribution in [-0.2, 0) is 14.3 Å². The number of esters is 1. The van der Waals surface area contributed by atoms with E-state index < -0.39 is 29.0 Å². The average Bonchev–Trinajstić information content (AvgIpc) is 2.65. The van der Waals surface area contributed by atoms with Gasteiger partial charge in [-0.05, 0) is 45.4 Å². The number of nitrogens with zero attached hydrogens (tertiary/aromatic N) is 1. The van der Waals surface area contributed by atoms with Crippen LogP contribution in [0.1, 0.15) is 46.5 Å². The maximum atomic E-state index is 12.4. The van der Waals surface area contributed by atoms with E-state index in [1.165, 1.54) is 4.90 Å². The Morgan fingerprint density at radius 1 is 1.24 bits per heavy atom. The number of ketones is 1. The fourth-order valence-corrected chi connectivity index (χ4v) is 3.43. The van der Waals surface area contributed by atoms with Crippen LogP contribution in [-0.4, -0.2) is 46.5 Å². The molecule has 0 bridgehead atoms. The van der Waals surface area contributed by atoms with E-state index in [0.717, 1.165) is 0 Å². The van der Waals surface area contributed by atoms with Crippen molar-refractivity contribution in [3.05, 3.63) is 0 Å². The van der Waals surface area contributed by atoms with Crippen molar-refractivity contribution in [3.63, 3.8) is 0 Å². The van der Waals surface area contributed by atoms with Gasteiger partial charge in [-0.1, -0.05) is 0 Å². The van der Waals surface area contributed by atoms with Crippen LogP contribution in [0.15, 0.2) is 0 Å². The molecule has 2 aliphatic rings. The average molecular weight is 297 g/mol. The monoisotopic (exact) mass is 297 g/mol. The third-order valence-electron chi connectivity index (χ3n) is 4.48. The first-order valence-corrected chi connectivity index (χ1v) is 7.38. The van der Waals surface area contributed by atoms with Crippen LogP contribution < -0.4 is 0 Å². The van der Waals surface area contributed by atoms with E-state index >= 15 is 0 Å². The highest BCUT2D eigenvalue weighted by atomic mass is 16.6. The van der Waals surface area contributed by atoms with Crippen molar-refractivity contribution in [2.24, 2.45) is 11.3 Å². The highest BCUT2D eigenvalue weighted by molar-refractivity contribution is 6.01. The van der Waals surface area contributed by atoms with Gasteiger partial charge in [0.25, 0.3) is 0 Å². The van der Waals surface area contributed by atoms with Gasteiger partial charge in [-0.3, -0.25) is 9.59 Å².